The SMILES string of the molecule is CC[C@](C)(N)C(=O)Oc1ccc(C)c(F)c1. The minimum atomic E-state index is -1.04. The lowest BCUT2D eigenvalue weighted by Gasteiger charge is -2.20. The van der Waals surface area contributed by atoms with Gasteiger partial charge in [0, 0.05) is 6.07 Å². The number of benzene rings is 1. The maximum Gasteiger partial charge on any atom is 0.331 e. The standard InChI is InChI=1S/C12H16FNO2/c1-4-12(3,14)11(15)16-9-6-5-8(2)10(13)7-9/h5-7H,4,14H2,1-3H3/t12-/m0/s1. The Kier molecular flexibility index (Phi) is 3.65. The number of rotatable bonds is 3. The fourth-order valence-corrected chi connectivity index (χ4v) is 1.01. The molecule has 88 valence electrons. The third-order valence-corrected chi connectivity index (χ3v) is 2.55. The average Bonchev–Trinajstić information content (AvgIpc) is 2.23. The lowest BCUT2D eigenvalue weighted by molar-refractivity contribution is -0.139. The Morgan fingerprint density at radius 3 is 2.69 bits per heavy atom. The van der Waals surface area contributed by atoms with Crippen molar-refractivity contribution < 1.29 is 13.9 Å². The van der Waals surface area contributed by atoms with Gasteiger partial charge in [-0.1, -0.05) is 13.0 Å². The highest BCUT2D eigenvalue weighted by atomic mass is 19.1. The lowest BCUT2D eigenvalue weighted by atomic mass is 10.0. The molecule has 0 aliphatic rings. The summed E-state index contributed by atoms with van der Waals surface area (Å²) in [6, 6.07) is 4.28. The number of nitrogens with two attached hydrogens (primary N) is 1. The zero-order valence-electron chi connectivity index (χ0n) is 9.71. The molecule has 4 heteroatoms. The summed E-state index contributed by atoms with van der Waals surface area (Å²) < 4.78 is 18.2. The van der Waals surface area contributed by atoms with Gasteiger partial charge in [0.05, 0.1) is 0 Å². The van der Waals surface area contributed by atoms with Crippen LogP contribution in [0.5, 0.6) is 5.75 Å². The van der Waals surface area contributed by atoms with E-state index in [4.69, 9.17) is 10.5 Å². The van der Waals surface area contributed by atoms with Gasteiger partial charge in [-0.25, -0.2) is 9.18 Å². The van der Waals surface area contributed by atoms with Gasteiger partial charge in [0.1, 0.15) is 17.1 Å². The van der Waals surface area contributed by atoms with Crippen LogP contribution in [0.4, 0.5) is 4.39 Å². The summed E-state index contributed by atoms with van der Waals surface area (Å²) in [6.45, 7) is 5.01. The normalized spacial score (nSPS) is 14.3. The smallest absolute Gasteiger partial charge is 0.331 e. The number of carbonyl (C=O) groups is 1. The molecule has 16 heavy (non-hydrogen) atoms. The summed E-state index contributed by atoms with van der Waals surface area (Å²) in [5.74, 6) is -0.781. The van der Waals surface area contributed by atoms with E-state index in [2.05, 4.69) is 0 Å². The average molecular weight is 225 g/mol. The van der Waals surface area contributed by atoms with Crippen LogP contribution in [0, 0.1) is 12.7 Å². The van der Waals surface area contributed by atoms with Gasteiger partial charge in [0.15, 0.2) is 0 Å². The second-order valence-electron chi connectivity index (χ2n) is 4.07. The number of aryl methyl sites for hydroxylation is 1. The quantitative estimate of drug-likeness (QED) is 0.633. The summed E-state index contributed by atoms with van der Waals surface area (Å²) in [7, 11) is 0. The van der Waals surface area contributed by atoms with E-state index in [0.29, 0.717) is 12.0 Å². The molecule has 0 aliphatic carbocycles. The first-order chi connectivity index (χ1) is 7.36. The number of halogens is 1. The molecule has 1 aromatic carbocycles. The van der Waals surface area contributed by atoms with Gasteiger partial charge in [-0.05, 0) is 31.9 Å². The Labute approximate surface area is 94.4 Å². The lowest BCUT2D eigenvalue weighted by Crippen LogP contribution is -2.46. The van der Waals surface area contributed by atoms with Gasteiger partial charge in [0.25, 0.3) is 0 Å². The Hall–Kier alpha value is -1.42. The number of hydrogen-bond donors (Lipinski definition) is 1. The third-order valence-electron chi connectivity index (χ3n) is 2.55. The van der Waals surface area contributed by atoms with E-state index in [1.54, 1.807) is 32.9 Å². The maximum atomic E-state index is 13.2. The second kappa shape index (κ2) is 4.61. The van der Waals surface area contributed by atoms with Gasteiger partial charge in [0.2, 0.25) is 0 Å². The zero-order valence-corrected chi connectivity index (χ0v) is 9.71. The van der Waals surface area contributed by atoms with Crippen molar-refractivity contribution in [1.29, 1.82) is 0 Å². The highest BCUT2D eigenvalue weighted by Crippen LogP contribution is 2.18. The van der Waals surface area contributed by atoms with Crippen molar-refractivity contribution >= 4 is 5.97 Å². The molecule has 1 atom stereocenters. The molecule has 0 spiro atoms. The van der Waals surface area contributed by atoms with Crippen LogP contribution in [-0.4, -0.2) is 11.5 Å². The first-order valence-corrected chi connectivity index (χ1v) is 5.14. The van der Waals surface area contributed by atoms with E-state index in [1.165, 1.54) is 6.07 Å². The monoisotopic (exact) mass is 225 g/mol. The van der Waals surface area contributed by atoms with Gasteiger partial charge >= 0.3 is 5.97 Å². The summed E-state index contributed by atoms with van der Waals surface area (Å²) >= 11 is 0. The van der Waals surface area contributed by atoms with E-state index < -0.39 is 17.3 Å². The largest absolute Gasteiger partial charge is 0.425 e. The molecule has 0 amide bonds. The van der Waals surface area contributed by atoms with Crippen molar-refractivity contribution in [1.82, 2.24) is 0 Å². The van der Waals surface area contributed by atoms with Crippen molar-refractivity contribution in [2.24, 2.45) is 5.73 Å². The fraction of sp³-hybridized carbons (Fsp3) is 0.417. The molecule has 0 aliphatic heterocycles. The first kappa shape index (κ1) is 12.6. The molecule has 0 bridgehead atoms. The predicted molar refractivity (Wildman–Crippen MR) is 59.7 cm³/mol. The maximum absolute atomic E-state index is 13.2. The van der Waals surface area contributed by atoms with E-state index in [1.807, 2.05) is 0 Å². The van der Waals surface area contributed by atoms with Crippen molar-refractivity contribution in [2.45, 2.75) is 32.7 Å². The minimum absolute atomic E-state index is 0.179. The molecule has 0 saturated carbocycles. The fourth-order valence-electron chi connectivity index (χ4n) is 1.01. The van der Waals surface area contributed by atoms with E-state index in [-0.39, 0.29) is 5.75 Å². The van der Waals surface area contributed by atoms with Crippen molar-refractivity contribution in [2.75, 3.05) is 0 Å². The molecule has 3 nitrogen and oxygen atoms in total. The Morgan fingerprint density at radius 2 is 2.19 bits per heavy atom. The Balaban J connectivity index is 2.82. The topological polar surface area (TPSA) is 52.3 Å². The van der Waals surface area contributed by atoms with Gasteiger partial charge in [-0.2, -0.15) is 0 Å². The van der Waals surface area contributed by atoms with Crippen LogP contribution < -0.4 is 10.5 Å². The second-order valence-corrected chi connectivity index (χ2v) is 4.07. The van der Waals surface area contributed by atoms with Crippen molar-refractivity contribution in [3.05, 3.63) is 29.6 Å². The predicted octanol–water partition coefficient (Wildman–Crippen LogP) is 2.17. The molecule has 0 saturated heterocycles. The number of hydrogen-bond acceptors (Lipinski definition) is 3. The highest BCUT2D eigenvalue weighted by Gasteiger charge is 2.28. The van der Waals surface area contributed by atoms with Gasteiger partial charge in [-0.15, -0.1) is 0 Å². The van der Waals surface area contributed by atoms with E-state index in [9.17, 15) is 9.18 Å². The van der Waals surface area contributed by atoms with Crippen LogP contribution in [0.25, 0.3) is 0 Å². The van der Waals surface area contributed by atoms with Crippen molar-refractivity contribution in [3.63, 3.8) is 0 Å². The molecular weight excluding hydrogens is 209 g/mol. The number of carbonyl (C=O) groups excluding carboxylic acids is 1. The molecule has 0 heterocycles. The van der Waals surface area contributed by atoms with Gasteiger partial charge < -0.3 is 10.5 Å². The molecule has 0 radical (unpaired) electrons. The van der Waals surface area contributed by atoms with Crippen molar-refractivity contribution in [3.8, 4) is 5.75 Å². The zero-order chi connectivity index (χ0) is 12.3. The minimum Gasteiger partial charge on any atom is -0.425 e. The molecular formula is C12H16FNO2. The molecule has 0 unspecified atom stereocenters. The van der Waals surface area contributed by atoms with Crippen LogP contribution in [0.15, 0.2) is 18.2 Å². The Morgan fingerprint density at radius 1 is 1.56 bits per heavy atom. The third kappa shape index (κ3) is 2.79. The molecule has 0 aromatic heterocycles. The number of ether oxygens (including phenoxy) is 1. The number of esters is 1. The van der Waals surface area contributed by atoms with Gasteiger partial charge in [-0.3, -0.25) is 0 Å². The Bertz CT molecular complexity index is 402. The van der Waals surface area contributed by atoms with Crippen LogP contribution >= 0.6 is 0 Å². The van der Waals surface area contributed by atoms with Crippen LogP contribution in [0.2, 0.25) is 0 Å². The summed E-state index contributed by atoms with van der Waals surface area (Å²) in [4.78, 5) is 11.6. The van der Waals surface area contributed by atoms with E-state index in [0.717, 1.165) is 0 Å². The van der Waals surface area contributed by atoms with Crippen LogP contribution in [-0.2, 0) is 4.79 Å². The molecule has 1 aromatic rings. The summed E-state index contributed by atoms with van der Waals surface area (Å²) in [5.41, 5.74) is 5.17. The summed E-state index contributed by atoms with van der Waals surface area (Å²) in [5, 5.41) is 0. The highest BCUT2D eigenvalue weighted by molar-refractivity contribution is 5.82. The van der Waals surface area contributed by atoms with E-state index >= 15 is 0 Å². The molecule has 2 N–H and O–H groups in total. The molecule has 1 rings (SSSR count). The van der Waals surface area contributed by atoms with Crippen LogP contribution in [0.3, 0.4) is 0 Å². The van der Waals surface area contributed by atoms with Crippen LogP contribution in [0.1, 0.15) is 25.8 Å². The first-order valence-electron chi connectivity index (χ1n) is 5.14. The summed E-state index contributed by atoms with van der Waals surface area (Å²) in [6.07, 6.45) is 0.459. The molecule has 0 fully saturated rings.